The first-order valence-electron chi connectivity index (χ1n) is 9.91. The lowest BCUT2D eigenvalue weighted by Gasteiger charge is -2.20. The first-order chi connectivity index (χ1) is 15.4. The van der Waals surface area contributed by atoms with Gasteiger partial charge in [-0.25, -0.2) is 4.79 Å². The van der Waals surface area contributed by atoms with Crippen LogP contribution < -0.4 is 25.0 Å². The van der Waals surface area contributed by atoms with Gasteiger partial charge in [-0.3, -0.25) is 9.59 Å². The van der Waals surface area contributed by atoms with Gasteiger partial charge in [-0.2, -0.15) is 0 Å². The van der Waals surface area contributed by atoms with Gasteiger partial charge in [0.15, 0.2) is 16.9 Å². The van der Waals surface area contributed by atoms with Gasteiger partial charge in [-0.1, -0.05) is 6.58 Å². The lowest BCUT2D eigenvalue weighted by Crippen LogP contribution is -2.27. The van der Waals surface area contributed by atoms with E-state index in [1.165, 1.54) is 46.6 Å². The Hall–Kier alpha value is -3.81. The highest BCUT2D eigenvalue weighted by Crippen LogP contribution is 2.50. The lowest BCUT2D eigenvalue weighted by molar-refractivity contribution is -0.117. The second kappa shape index (κ2) is 9.55. The molecule has 2 aromatic rings. The predicted octanol–water partition coefficient (Wildman–Crippen LogP) is 2.82. The molecular formula is C24H25NO7. The highest BCUT2D eigenvalue weighted by Gasteiger charge is 2.30. The van der Waals surface area contributed by atoms with E-state index in [0.29, 0.717) is 46.8 Å². The standard InChI is InChI=1S/C24H25NO7/c1-6-20(27)25-17-9-7-13-11-19(29-2)22(30-3)23(31-4)21(13)14-8-10-18(26)16(12-15(14)17)24(28)32-5/h6,8,10-12,17H,1,7,9H2,2-5H3,(H,25,27)/t17-/m0/s1. The molecule has 1 aliphatic rings. The van der Waals surface area contributed by atoms with E-state index in [4.69, 9.17) is 18.9 Å². The molecule has 0 bridgehead atoms. The van der Waals surface area contributed by atoms with Crippen LogP contribution >= 0.6 is 0 Å². The quantitative estimate of drug-likeness (QED) is 0.546. The van der Waals surface area contributed by atoms with Gasteiger partial charge in [0, 0.05) is 5.56 Å². The van der Waals surface area contributed by atoms with Gasteiger partial charge in [-0.05, 0) is 59.9 Å². The highest BCUT2D eigenvalue weighted by atomic mass is 16.5. The van der Waals surface area contributed by atoms with Crippen LogP contribution in [0.3, 0.4) is 0 Å². The summed E-state index contributed by atoms with van der Waals surface area (Å²) in [6, 6.07) is 5.76. The number of esters is 1. The van der Waals surface area contributed by atoms with E-state index < -0.39 is 17.4 Å². The molecule has 0 heterocycles. The summed E-state index contributed by atoms with van der Waals surface area (Å²) in [6.07, 6.45) is 2.23. The van der Waals surface area contributed by atoms with Gasteiger partial charge in [0.05, 0.1) is 34.5 Å². The number of hydrogen-bond donors (Lipinski definition) is 1. The Bertz CT molecular complexity index is 1140. The number of hydrogen-bond acceptors (Lipinski definition) is 7. The molecule has 32 heavy (non-hydrogen) atoms. The number of benzene rings is 1. The zero-order chi connectivity index (χ0) is 23.4. The topological polar surface area (TPSA) is 100 Å². The average Bonchev–Trinajstić information content (AvgIpc) is 3.06. The Balaban J connectivity index is 2.43. The maximum atomic E-state index is 12.7. The summed E-state index contributed by atoms with van der Waals surface area (Å²) in [5.74, 6) is 0.194. The molecule has 0 aliphatic heterocycles. The van der Waals surface area contributed by atoms with Gasteiger partial charge in [0.25, 0.3) is 0 Å². The normalized spacial score (nSPS) is 14.2. The van der Waals surface area contributed by atoms with E-state index in [9.17, 15) is 14.4 Å². The summed E-state index contributed by atoms with van der Waals surface area (Å²) in [6.45, 7) is 3.51. The third-order valence-electron chi connectivity index (χ3n) is 5.44. The average molecular weight is 439 g/mol. The molecule has 1 amide bonds. The van der Waals surface area contributed by atoms with Crippen molar-refractivity contribution in [2.75, 3.05) is 28.4 Å². The van der Waals surface area contributed by atoms with E-state index >= 15 is 0 Å². The van der Waals surface area contributed by atoms with Crippen LogP contribution in [0.25, 0.3) is 11.1 Å². The van der Waals surface area contributed by atoms with Crippen molar-refractivity contribution in [1.29, 1.82) is 0 Å². The number of amides is 1. The number of aryl methyl sites for hydroxylation is 1. The smallest absolute Gasteiger partial charge is 0.341 e. The molecule has 2 aromatic carbocycles. The minimum Gasteiger partial charge on any atom is -0.493 e. The Morgan fingerprint density at radius 3 is 2.38 bits per heavy atom. The molecule has 8 heteroatoms. The van der Waals surface area contributed by atoms with E-state index in [0.717, 1.165) is 5.56 Å². The molecule has 0 saturated heterocycles. The summed E-state index contributed by atoms with van der Waals surface area (Å²) in [7, 11) is 5.77. The van der Waals surface area contributed by atoms with Crippen LogP contribution in [-0.4, -0.2) is 40.3 Å². The Morgan fingerprint density at radius 2 is 1.78 bits per heavy atom. The number of fused-ring (bicyclic) bond motifs is 3. The summed E-state index contributed by atoms with van der Waals surface area (Å²) in [5.41, 5.74) is 2.15. The van der Waals surface area contributed by atoms with Crippen molar-refractivity contribution in [1.82, 2.24) is 5.32 Å². The second-order valence-electron chi connectivity index (χ2n) is 7.10. The van der Waals surface area contributed by atoms with Crippen molar-refractivity contribution in [2.24, 2.45) is 0 Å². The number of nitrogens with one attached hydrogen (secondary N) is 1. The number of methoxy groups -OCH3 is 4. The van der Waals surface area contributed by atoms with Crippen molar-refractivity contribution >= 4 is 11.9 Å². The van der Waals surface area contributed by atoms with Gasteiger partial charge < -0.3 is 24.3 Å². The molecule has 168 valence electrons. The second-order valence-corrected chi connectivity index (χ2v) is 7.10. The molecule has 0 saturated carbocycles. The van der Waals surface area contributed by atoms with Gasteiger partial charge >= 0.3 is 5.97 Å². The molecule has 1 N–H and O–H groups in total. The first kappa shape index (κ1) is 22.9. The van der Waals surface area contributed by atoms with E-state index in [-0.39, 0.29) is 11.5 Å². The highest BCUT2D eigenvalue weighted by molar-refractivity contribution is 5.91. The molecule has 0 unspecified atom stereocenters. The molecule has 0 aromatic heterocycles. The maximum Gasteiger partial charge on any atom is 0.341 e. The van der Waals surface area contributed by atoms with Crippen molar-refractivity contribution in [3.05, 3.63) is 63.8 Å². The number of ether oxygens (including phenoxy) is 4. The van der Waals surface area contributed by atoms with Gasteiger partial charge in [-0.15, -0.1) is 0 Å². The minimum absolute atomic E-state index is 0.130. The monoisotopic (exact) mass is 439 g/mol. The van der Waals surface area contributed by atoms with E-state index in [1.807, 2.05) is 6.07 Å². The Kier molecular flexibility index (Phi) is 6.82. The summed E-state index contributed by atoms with van der Waals surface area (Å²) >= 11 is 0. The zero-order valence-corrected chi connectivity index (χ0v) is 18.4. The van der Waals surface area contributed by atoms with Crippen molar-refractivity contribution < 1.29 is 28.5 Å². The van der Waals surface area contributed by atoms with Crippen molar-refractivity contribution in [2.45, 2.75) is 18.9 Å². The zero-order valence-electron chi connectivity index (χ0n) is 18.4. The largest absolute Gasteiger partial charge is 0.493 e. The molecule has 1 atom stereocenters. The van der Waals surface area contributed by atoms with Crippen molar-refractivity contribution in [3.63, 3.8) is 0 Å². The molecule has 0 fully saturated rings. The number of carbonyl (C=O) groups is 2. The molecule has 8 nitrogen and oxygen atoms in total. The van der Waals surface area contributed by atoms with Crippen LogP contribution in [0.5, 0.6) is 17.2 Å². The number of carbonyl (C=O) groups excluding carboxylic acids is 2. The lowest BCUT2D eigenvalue weighted by atomic mass is 9.95. The van der Waals surface area contributed by atoms with Crippen LogP contribution in [0.4, 0.5) is 0 Å². The molecular weight excluding hydrogens is 414 g/mol. The summed E-state index contributed by atoms with van der Waals surface area (Å²) < 4.78 is 21.5. The van der Waals surface area contributed by atoms with Gasteiger partial charge in [0.1, 0.15) is 5.56 Å². The fourth-order valence-electron chi connectivity index (χ4n) is 3.97. The third kappa shape index (κ3) is 4.03. The number of rotatable bonds is 6. The molecule has 1 aliphatic carbocycles. The minimum atomic E-state index is -0.758. The Labute approximate surface area is 185 Å². The van der Waals surface area contributed by atoms with E-state index in [1.54, 1.807) is 6.07 Å². The van der Waals surface area contributed by atoms with Crippen LogP contribution in [-0.2, 0) is 16.0 Å². The van der Waals surface area contributed by atoms with Crippen LogP contribution in [0.1, 0.15) is 33.9 Å². The van der Waals surface area contributed by atoms with Crippen molar-refractivity contribution in [3.8, 4) is 28.4 Å². The third-order valence-corrected chi connectivity index (χ3v) is 5.44. The Morgan fingerprint density at radius 1 is 1.06 bits per heavy atom. The maximum absolute atomic E-state index is 12.7. The van der Waals surface area contributed by atoms with Crippen LogP contribution in [0.15, 0.2) is 41.7 Å². The first-order valence-corrected chi connectivity index (χ1v) is 9.91. The summed E-state index contributed by atoms with van der Waals surface area (Å²) in [4.78, 5) is 37.1. The summed E-state index contributed by atoms with van der Waals surface area (Å²) in [5, 5.41) is 2.90. The fourth-order valence-corrected chi connectivity index (χ4v) is 3.97. The van der Waals surface area contributed by atoms with Gasteiger partial charge in [0.2, 0.25) is 11.7 Å². The molecule has 0 radical (unpaired) electrons. The van der Waals surface area contributed by atoms with Crippen LogP contribution in [0.2, 0.25) is 0 Å². The SMILES string of the molecule is C=CC(=O)N[C@H]1CCc2cc(OC)c(OC)c(OC)c2-c2ccc(=O)c(C(=O)OC)cc21. The van der Waals surface area contributed by atoms with Crippen LogP contribution in [0, 0.1) is 0 Å². The molecule has 3 rings (SSSR count). The van der Waals surface area contributed by atoms with E-state index in [2.05, 4.69) is 11.9 Å². The predicted molar refractivity (Wildman–Crippen MR) is 119 cm³/mol. The fraction of sp³-hybridized carbons (Fsp3) is 0.292. The molecule has 0 spiro atoms.